The Kier molecular flexibility index (Phi) is 3.63. The Morgan fingerprint density at radius 2 is 1.83 bits per heavy atom. The van der Waals surface area contributed by atoms with E-state index in [9.17, 15) is 4.39 Å². The molecule has 3 aromatic carbocycles. The van der Waals surface area contributed by atoms with Gasteiger partial charge in [0.25, 0.3) is 0 Å². The van der Waals surface area contributed by atoms with Crippen molar-refractivity contribution in [2.24, 2.45) is 0 Å². The van der Waals surface area contributed by atoms with Crippen molar-refractivity contribution in [2.45, 2.75) is 6.54 Å². The van der Waals surface area contributed by atoms with E-state index in [1.807, 2.05) is 18.2 Å². The molecule has 0 aliphatic rings. The van der Waals surface area contributed by atoms with Crippen LogP contribution in [0.25, 0.3) is 22.2 Å². The van der Waals surface area contributed by atoms with E-state index >= 15 is 0 Å². The zero-order valence-corrected chi connectivity index (χ0v) is 12.7. The fourth-order valence-corrected chi connectivity index (χ4v) is 2.63. The highest BCUT2D eigenvalue weighted by Gasteiger charge is 2.08. The van der Waals surface area contributed by atoms with Crippen molar-refractivity contribution in [3.8, 4) is 11.4 Å². The second-order valence-corrected chi connectivity index (χ2v) is 5.47. The summed E-state index contributed by atoms with van der Waals surface area (Å²) in [5, 5.41) is 19.2. The van der Waals surface area contributed by atoms with E-state index in [2.05, 4.69) is 50.2 Å². The number of hydrogen-bond acceptors (Lipinski definition) is 4. The van der Waals surface area contributed by atoms with Gasteiger partial charge in [-0.25, -0.2) is 4.39 Å². The number of nitrogens with zero attached hydrogens (tertiary/aromatic N) is 3. The van der Waals surface area contributed by atoms with Crippen LogP contribution in [0.15, 0.2) is 60.7 Å². The number of H-pyrrole nitrogens is 1. The predicted octanol–water partition coefficient (Wildman–Crippen LogP) is 3.77. The zero-order chi connectivity index (χ0) is 16.4. The fourth-order valence-electron chi connectivity index (χ4n) is 2.63. The molecule has 0 saturated carbocycles. The van der Waals surface area contributed by atoms with Gasteiger partial charge in [-0.2, -0.15) is 5.21 Å². The van der Waals surface area contributed by atoms with Crippen LogP contribution in [0, 0.1) is 5.82 Å². The van der Waals surface area contributed by atoms with Crippen molar-refractivity contribution >= 4 is 16.5 Å². The number of benzene rings is 3. The summed E-state index contributed by atoms with van der Waals surface area (Å²) in [7, 11) is 0. The summed E-state index contributed by atoms with van der Waals surface area (Å²) in [6, 6.07) is 19.1. The number of anilines is 1. The van der Waals surface area contributed by atoms with Gasteiger partial charge < -0.3 is 5.32 Å². The Hall–Kier alpha value is -3.28. The number of fused-ring (bicyclic) bond motifs is 1. The summed E-state index contributed by atoms with van der Waals surface area (Å²) in [5.41, 5.74) is 2.19. The van der Waals surface area contributed by atoms with Gasteiger partial charge in [-0.3, -0.25) is 0 Å². The summed E-state index contributed by atoms with van der Waals surface area (Å²) in [5.74, 6) is 0.117. The smallest absolute Gasteiger partial charge is 0.204 e. The number of nitrogens with one attached hydrogen (secondary N) is 2. The monoisotopic (exact) mass is 319 g/mol. The molecule has 4 aromatic rings. The van der Waals surface area contributed by atoms with Crippen molar-refractivity contribution in [1.82, 2.24) is 20.6 Å². The molecule has 0 saturated heterocycles. The normalized spacial score (nSPS) is 10.9. The second-order valence-electron chi connectivity index (χ2n) is 5.47. The largest absolute Gasteiger partial charge is 0.379 e. The standard InChI is InChI=1S/C18H14FN5/c19-16-8-7-15(18-21-23-24-22-18)10-17(16)20-11-12-5-6-13-3-1-2-4-14(13)9-12/h1-10,20H,11H2,(H,21,22,23,24). The van der Waals surface area contributed by atoms with E-state index in [1.54, 1.807) is 12.1 Å². The molecule has 24 heavy (non-hydrogen) atoms. The first-order chi connectivity index (χ1) is 11.8. The average Bonchev–Trinajstić information content (AvgIpc) is 3.15. The molecule has 6 heteroatoms. The van der Waals surface area contributed by atoms with Crippen LogP contribution >= 0.6 is 0 Å². The first-order valence-electron chi connectivity index (χ1n) is 7.54. The third-order valence-electron chi connectivity index (χ3n) is 3.87. The predicted molar refractivity (Wildman–Crippen MR) is 90.8 cm³/mol. The van der Waals surface area contributed by atoms with Crippen molar-refractivity contribution in [3.63, 3.8) is 0 Å². The minimum atomic E-state index is -0.317. The minimum absolute atomic E-state index is 0.317. The number of aromatic nitrogens is 4. The molecule has 2 N–H and O–H groups in total. The number of tetrazole rings is 1. The summed E-state index contributed by atoms with van der Waals surface area (Å²) in [6.07, 6.45) is 0. The highest BCUT2D eigenvalue weighted by atomic mass is 19.1. The third-order valence-corrected chi connectivity index (χ3v) is 3.87. The van der Waals surface area contributed by atoms with E-state index in [-0.39, 0.29) is 5.82 Å². The quantitative estimate of drug-likeness (QED) is 0.601. The lowest BCUT2D eigenvalue weighted by Gasteiger charge is -2.09. The molecule has 0 amide bonds. The van der Waals surface area contributed by atoms with Crippen LogP contribution in [0.4, 0.5) is 10.1 Å². The summed E-state index contributed by atoms with van der Waals surface area (Å²) >= 11 is 0. The Labute approximate surface area is 137 Å². The maximum Gasteiger partial charge on any atom is 0.204 e. The molecule has 0 aliphatic carbocycles. The number of aromatic amines is 1. The molecular formula is C18H14FN5. The second kappa shape index (κ2) is 6.08. The Balaban J connectivity index is 1.57. The van der Waals surface area contributed by atoms with Gasteiger partial charge in [0.2, 0.25) is 5.82 Å². The molecular weight excluding hydrogens is 305 g/mol. The first-order valence-corrected chi connectivity index (χ1v) is 7.54. The average molecular weight is 319 g/mol. The van der Waals surface area contributed by atoms with E-state index < -0.39 is 0 Å². The maximum absolute atomic E-state index is 14.0. The van der Waals surface area contributed by atoms with Gasteiger partial charge in [0.1, 0.15) is 5.82 Å². The molecule has 0 spiro atoms. The lowest BCUT2D eigenvalue weighted by Crippen LogP contribution is -2.02. The van der Waals surface area contributed by atoms with Crippen LogP contribution in [0.3, 0.4) is 0 Å². The van der Waals surface area contributed by atoms with E-state index in [1.165, 1.54) is 11.5 Å². The number of rotatable bonds is 4. The maximum atomic E-state index is 14.0. The van der Waals surface area contributed by atoms with E-state index in [0.29, 0.717) is 23.6 Å². The Morgan fingerprint density at radius 1 is 0.958 bits per heavy atom. The zero-order valence-electron chi connectivity index (χ0n) is 12.7. The van der Waals surface area contributed by atoms with Gasteiger partial charge in [0.05, 0.1) is 5.69 Å². The first kappa shape index (κ1) is 14.3. The topological polar surface area (TPSA) is 66.5 Å². The molecule has 118 valence electrons. The molecule has 1 aromatic heterocycles. The molecule has 0 unspecified atom stereocenters. The Morgan fingerprint density at radius 3 is 2.67 bits per heavy atom. The van der Waals surface area contributed by atoms with Crippen LogP contribution in [0.5, 0.6) is 0 Å². The van der Waals surface area contributed by atoms with E-state index in [4.69, 9.17) is 0 Å². The third kappa shape index (κ3) is 2.81. The number of hydrogen-bond donors (Lipinski definition) is 2. The van der Waals surface area contributed by atoms with Crippen LogP contribution in [0.2, 0.25) is 0 Å². The van der Waals surface area contributed by atoms with Crippen molar-refractivity contribution in [1.29, 1.82) is 0 Å². The molecule has 0 fully saturated rings. The van der Waals surface area contributed by atoms with Gasteiger partial charge in [-0.05, 0) is 45.8 Å². The van der Waals surface area contributed by atoms with Crippen LogP contribution in [-0.2, 0) is 6.54 Å². The van der Waals surface area contributed by atoms with Gasteiger partial charge >= 0.3 is 0 Å². The molecule has 5 nitrogen and oxygen atoms in total. The molecule has 0 radical (unpaired) electrons. The fraction of sp³-hybridized carbons (Fsp3) is 0.0556. The summed E-state index contributed by atoms with van der Waals surface area (Å²) < 4.78 is 14.0. The molecule has 0 aliphatic heterocycles. The number of halogens is 1. The van der Waals surface area contributed by atoms with Crippen LogP contribution in [0.1, 0.15) is 5.56 Å². The van der Waals surface area contributed by atoms with Gasteiger partial charge in [0.15, 0.2) is 0 Å². The highest BCUT2D eigenvalue weighted by Crippen LogP contribution is 2.23. The van der Waals surface area contributed by atoms with Gasteiger partial charge in [-0.15, -0.1) is 10.2 Å². The van der Waals surface area contributed by atoms with E-state index in [0.717, 1.165) is 10.9 Å². The Bertz CT molecular complexity index is 982. The molecule has 4 rings (SSSR count). The van der Waals surface area contributed by atoms with Crippen LogP contribution in [-0.4, -0.2) is 20.6 Å². The van der Waals surface area contributed by atoms with Crippen molar-refractivity contribution in [3.05, 3.63) is 72.0 Å². The van der Waals surface area contributed by atoms with Gasteiger partial charge in [0, 0.05) is 12.1 Å². The van der Waals surface area contributed by atoms with Crippen LogP contribution < -0.4 is 5.32 Å². The SMILES string of the molecule is Fc1ccc(-c2nn[nH]n2)cc1NCc1ccc2ccccc2c1. The molecule has 1 heterocycles. The molecule has 0 bridgehead atoms. The minimum Gasteiger partial charge on any atom is -0.379 e. The lowest BCUT2D eigenvalue weighted by atomic mass is 10.1. The molecule has 0 atom stereocenters. The summed E-state index contributed by atoms with van der Waals surface area (Å²) in [4.78, 5) is 0. The van der Waals surface area contributed by atoms with Gasteiger partial charge in [-0.1, -0.05) is 36.4 Å². The highest BCUT2D eigenvalue weighted by molar-refractivity contribution is 5.83. The van der Waals surface area contributed by atoms with Crippen molar-refractivity contribution in [2.75, 3.05) is 5.32 Å². The summed E-state index contributed by atoms with van der Waals surface area (Å²) in [6.45, 7) is 0.525. The lowest BCUT2D eigenvalue weighted by molar-refractivity contribution is 0.630. The van der Waals surface area contributed by atoms with Crippen molar-refractivity contribution < 1.29 is 4.39 Å².